The number of nitrogens with one attached hydrogen (secondary N) is 1. The van der Waals surface area contributed by atoms with E-state index in [9.17, 15) is 5.26 Å². The van der Waals surface area contributed by atoms with E-state index in [1.807, 2.05) is 56.3 Å². The van der Waals surface area contributed by atoms with Gasteiger partial charge in [-0.2, -0.15) is 5.26 Å². The highest BCUT2D eigenvalue weighted by atomic mass is 32.2. The highest BCUT2D eigenvalue weighted by molar-refractivity contribution is 7.99. The lowest BCUT2D eigenvalue weighted by molar-refractivity contribution is -0.120. The molecule has 0 aromatic heterocycles. The Balaban J connectivity index is 2.22. The molecule has 0 aliphatic carbocycles. The highest BCUT2D eigenvalue weighted by Crippen LogP contribution is 2.39. The van der Waals surface area contributed by atoms with Crippen LogP contribution in [0.5, 0.6) is 11.5 Å². The topological polar surface area (TPSA) is 72.7 Å². The van der Waals surface area contributed by atoms with Gasteiger partial charge in [-0.05, 0) is 43.7 Å². The maximum absolute atomic E-state index is 9.60. The monoisotopic (exact) mass is 442 g/mol. The van der Waals surface area contributed by atoms with Crippen molar-refractivity contribution in [2.75, 3.05) is 38.5 Å². The van der Waals surface area contributed by atoms with Crippen molar-refractivity contribution < 1.29 is 18.9 Å². The summed E-state index contributed by atoms with van der Waals surface area (Å²) in [6, 6.07) is 15.9. The Labute approximate surface area is 189 Å². The lowest BCUT2D eigenvalue weighted by Crippen LogP contribution is -2.20. The molecule has 6 nitrogen and oxygen atoms in total. The molecule has 1 N–H and O–H groups in total. The van der Waals surface area contributed by atoms with Gasteiger partial charge in [-0.3, -0.25) is 0 Å². The molecule has 0 heterocycles. The van der Waals surface area contributed by atoms with Crippen molar-refractivity contribution >= 4 is 17.4 Å². The number of hydrogen-bond donors (Lipinski definition) is 1. The lowest BCUT2D eigenvalue weighted by Gasteiger charge is -2.19. The van der Waals surface area contributed by atoms with E-state index in [0.29, 0.717) is 42.5 Å². The van der Waals surface area contributed by atoms with Crippen molar-refractivity contribution in [2.24, 2.45) is 0 Å². The molecule has 0 aliphatic heterocycles. The first kappa shape index (κ1) is 24.6. The summed E-state index contributed by atoms with van der Waals surface area (Å²) in [5.41, 5.74) is 2.48. The molecule has 0 amide bonds. The zero-order chi connectivity index (χ0) is 22.5. The summed E-state index contributed by atoms with van der Waals surface area (Å²) in [6.07, 6.45) is 1.90. The minimum Gasteiger partial charge on any atom is -0.493 e. The summed E-state index contributed by atoms with van der Waals surface area (Å²) >= 11 is 1.58. The van der Waals surface area contributed by atoms with Gasteiger partial charge in [0.15, 0.2) is 17.8 Å². The number of ether oxygens (including phenoxy) is 4. The van der Waals surface area contributed by atoms with Crippen LogP contribution in [0.1, 0.15) is 19.4 Å². The fourth-order valence-corrected chi connectivity index (χ4v) is 3.97. The smallest absolute Gasteiger partial charge is 0.174 e. The van der Waals surface area contributed by atoms with Crippen LogP contribution in [0.2, 0.25) is 0 Å². The third kappa shape index (κ3) is 7.83. The molecular formula is C24H30N2O4S. The van der Waals surface area contributed by atoms with Gasteiger partial charge in [0.25, 0.3) is 0 Å². The molecule has 31 heavy (non-hydrogen) atoms. The van der Waals surface area contributed by atoms with Crippen molar-refractivity contribution in [3.63, 3.8) is 0 Å². The van der Waals surface area contributed by atoms with E-state index >= 15 is 0 Å². The molecule has 2 rings (SSSR count). The molecule has 0 fully saturated rings. The van der Waals surface area contributed by atoms with Gasteiger partial charge in [-0.15, -0.1) is 11.8 Å². The molecule has 0 unspecified atom stereocenters. The quantitative estimate of drug-likeness (QED) is 0.258. The van der Waals surface area contributed by atoms with Crippen LogP contribution >= 0.6 is 11.8 Å². The second-order valence-corrected chi connectivity index (χ2v) is 7.51. The zero-order valence-electron chi connectivity index (χ0n) is 18.5. The van der Waals surface area contributed by atoms with Crippen LogP contribution < -0.4 is 14.8 Å². The van der Waals surface area contributed by atoms with E-state index in [0.717, 1.165) is 16.1 Å². The van der Waals surface area contributed by atoms with Gasteiger partial charge in [0.1, 0.15) is 0 Å². The van der Waals surface area contributed by atoms with Crippen molar-refractivity contribution in [1.82, 2.24) is 0 Å². The summed E-state index contributed by atoms with van der Waals surface area (Å²) in [5.74, 6) is 1.90. The van der Waals surface area contributed by atoms with Gasteiger partial charge in [-0.1, -0.05) is 18.2 Å². The van der Waals surface area contributed by atoms with Crippen LogP contribution in [-0.2, 0) is 15.9 Å². The molecular weight excluding hydrogens is 412 g/mol. The Hall–Kier alpha value is -2.66. The molecule has 0 radical (unpaired) electrons. The predicted octanol–water partition coefficient (Wildman–Crippen LogP) is 5.26. The third-order valence-corrected chi connectivity index (χ3v) is 5.36. The third-order valence-electron chi connectivity index (χ3n) is 4.31. The Kier molecular flexibility index (Phi) is 10.8. The summed E-state index contributed by atoms with van der Waals surface area (Å²) in [5, 5.41) is 12.8. The van der Waals surface area contributed by atoms with Gasteiger partial charge < -0.3 is 24.3 Å². The van der Waals surface area contributed by atoms with Gasteiger partial charge in [0.2, 0.25) is 0 Å². The SMILES string of the molecule is CCOC(CSc1cc(CC(C#N)=CNc2ccccc2)cc(OC)c1OC)OCC. The fraction of sp³-hybridized carbons (Fsp3) is 0.375. The second kappa shape index (κ2) is 13.6. The number of benzene rings is 2. The number of nitriles is 1. The van der Waals surface area contributed by atoms with E-state index in [-0.39, 0.29) is 6.29 Å². The molecule has 2 aromatic carbocycles. The molecule has 7 heteroatoms. The van der Waals surface area contributed by atoms with Crippen molar-refractivity contribution in [2.45, 2.75) is 31.5 Å². The van der Waals surface area contributed by atoms with Crippen molar-refractivity contribution in [1.29, 1.82) is 5.26 Å². The maximum Gasteiger partial charge on any atom is 0.174 e. The molecule has 0 saturated carbocycles. The van der Waals surface area contributed by atoms with Crippen molar-refractivity contribution in [3.8, 4) is 17.6 Å². The van der Waals surface area contributed by atoms with Gasteiger partial charge in [0.05, 0.1) is 25.2 Å². The first-order chi connectivity index (χ1) is 15.1. The minimum atomic E-state index is -0.302. The lowest BCUT2D eigenvalue weighted by atomic mass is 10.1. The Morgan fingerprint density at radius 2 is 1.81 bits per heavy atom. The van der Waals surface area contributed by atoms with Crippen LogP contribution in [0.3, 0.4) is 0 Å². The van der Waals surface area contributed by atoms with E-state index in [2.05, 4.69) is 11.4 Å². The molecule has 0 atom stereocenters. The second-order valence-electron chi connectivity index (χ2n) is 6.45. The van der Waals surface area contributed by atoms with Crippen molar-refractivity contribution in [3.05, 3.63) is 59.8 Å². The number of nitrogens with zero attached hydrogens (tertiary/aromatic N) is 1. The average molecular weight is 443 g/mol. The van der Waals surface area contributed by atoms with E-state index in [1.54, 1.807) is 32.2 Å². The number of rotatable bonds is 13. The summed E-state index contributed by atoms with van der Waals surface area (Å²) < 4.78 is 22.4. The van der Waals surface area contributed by atoms with E-state index in [1.165, 1.54) is 0 Å². The largest absolute Gasteiger partial charge is 0.493 e. The highest BCUT2D eigenvalue weighted by Gasteiger charge is 2.17. The van der Waals surface area contributed by atoms with Gasteiger partial charge >= 0.3 is 0 Å². The Morgan fingerprint density at radius 1 is 1.10 bits per heavy atom. The van der Waals surface area contributed by atoms with Crippen LogP contribution in [0.4, 0.5) is 5.69 Å². The average Bonchev–Trinajstić information content (AvgIpc) is 2.80. The molecule has 0 spiro atoms. The number of hydrogen-bond acceptors (Lipinski definition) is 7. The Morgan fingerprint density at radius 3 is 2.39 bits per heavy atom. The maximum atomic E-state index is 9.60. The van der Waals surface area contributed by atoms with Crippen LogP contribution in [0.15, 0.2) is 59.1 Å². The zero-order valence-corrected chi connectivity index (χ0v) is 19.3. The summed E-state index contributed by atoms with van der Waals surface area (Å²) in [4.78, 5) is 0.912. The normalized spacial score (nSPS) is 11.3. The van der Waals surface area contributed by atoms with Gasteiger partial charge in [0, 0.05) is 42.8 Å². The van der Waals surface area contributed by atoms with Gasteiger partial charge in [-0.25, -0.2) is 0 Å². The summed E-state index contributed by atoms with van der Waals surface area (Å²) in [6.45, 7) is 5.05. The standard InChI is InChI=1S/C24H30N2O4S/c1-5-29-23(30-6-2)17-31-22-14-18(13-21(27-3)24(22)28-4)12-19(15-25)16-26-20-10-8-7-9-11-20/h7-11,13-14,16,23,26H,5-6,12,17H2,1-4H3. The van der Waals surface area contributed by atoms with Crippen LogP contribution in [0.25, 0.3) is 0 Å². The minimum absolute atomic E-state index is 0.302. The Bertz CT molecular complexity index is 875. The molecule has 0 aliphatic rings. The molecule has 0 saturated heterocycles. The number of thioether (sulfide) groups is 1. The number of para-hydroxylation sites is 1. The fourth-order valence-electron chi connectivity index (χ4n) is 2.91. The number of methoxy groups -OCH3 is 2. The first-order valence-corrected chi connectivity index (χ1v) is 11.1. The van der Waals surface area contributed by atoms with E-state index in [4.69, 9.17) is 18.9 Å². The van der Waals surface area contributed by atoms with Crippen LogP contribution in [-0.4, -0.2) is 39.5 Å². The first-order valence-electron chi connectivity index (χ1n) is 10.2. The summed E-state index contributed by atoms with van der Waals surface area (Å²) in [7, 11) is 3.23. The number of anilines is 1. The number of allylic oxidation sites excluding steroid dienone is 1. The molecule has 2 aromatic rings. The van der Waals surface area contributed by atoms with Crippen LogP contribution in [0, 0.1) is 11.3 Å². The molecule has 166 valence electrons. The molecule has 0 bridgehead atoms. The van der Waals surface area contributed by atoms with E-state index < -0.39 is 0 Å². The predicted molar refractivity (Wildman–Crippen MR) is 125 cm³/mol.